The summed E-state index contributed by atoms with van der Waals surface area (Å²) in [6.07, 6.45) is 4.10. The van der Waals surface area contributed by atoms with Crippen LogP contribution in [-0.2, 0) is 4.74 Å². The molecule has 1 fully saturated rings. The molecule has 0 radical (unpaired) electrons. The maximum absolute atomic E-state index is 10.9. The summed E-state index contributed by atoms with van der Waals surface area (Å²) in [6.45, 7) is 0. The van der Waals surface area contributed by atoms with Crippen LogP contribution in [0.3, 0.4) is 0 Å². The van der Waals surface area contributed by atoms with Crippen molar-refractivity contribution in [2.24, 2.45) is 0 Å². The van der Waals surface area contributed by atoms with E-state index in [9.17, 15) is 4.79 Å². The molecule has 3 rings (SSSR count). The van der Waals surface area contributed by atoms with Crippen LogP contribution < -0.4 is 0 Å². The van der Waals surface area contributed by atoms with Crippen LogP contribution in [0.4, 0.5) is 0 Å². The van der Waals surface area contributed by atoms with Gasteiger partial charge < -0.3 is 14.4 Å². The molecule has 1 heterocycles. The fourth-order valence-electron chi connectivity index (χ4n) is 2.41. The van der Waals surface area contributed by atoms with Crippen LogP contribution in [0.2, 0.25) is 0 Å². The van der Waals surface area contributed by atoms with Crippen molar-refractivity contribution in [2.75, 3.05) is 7.11 Å². The average molecular weight is 246 g/mol. The molecule has 1 saturated carbocycles. The predicted molar refractivity (Wildman–Crippen MR) is 65.8 cm³/mol. The smallest absolute Gasteiger partial charge is 0.335 e. The van der Waals surface area contributed by atoms with Gasteiger partial charge in [-0.15, -0.1) is 0 Å². The molecule has 94 valence electrons. The molecule has 1 aromatic carbocycles. The van der Waals surface area contributed by atoms with E-state index in [1.165, 1.54) is 0 Å². The number of carboxylic acids is 1. The lowest BCUT2D eigenvalue weighted by Gasteiger charge is -2.35. The highest BCUT2D eigenvalue weighted by Gasteiger charge is 2.31. The normalized spacial score (nSPS) is 22.9. The number of carboxylic acid groups (broad SMARTS) is 1. The maximum atomic E-state index is 10.9. The lowest BCUT2D eigenvalue weighted by molar-refractivity contribution is 0.00734. The molecule has 5 nitrogen and oxygen atoms in total. The Morgan fingerprint density at radius 3 is 2.94 bits per heavy atom. The summed E-state index contributed by atoms with van der Waals surface area (Å²) >= 11 is 0. The van der Waals surface area contributed by atoms with Crippen molar-refractivity contribution in [3.63, 3.8) is 0 Å². The molecule has 1 N–H and O–H groups in total. The Kier molecular flexibility index (Phi) is 2.56. The van der Waals surface area contributed by atoms with Gasteiger partial charge in [0, 0.05) is 13.2 Å². The molecule has 0 saturated heterocycles. The van der Waals surface area contributed by atoms with E-state index >= 15 is 0 Å². The number of methoxy groups -OCH3 is 1. The monoisotopic (exact) mass is 246 g/mol. The number of ether oxygens (including phenoxy) is 1. The van der Waals surface area contributed by atoms with Gasteiger partial charge in [-0.05, 0) is 31.0 Å². The molecule has 1 aromatic heterocycles. The van der Waals surface area contributed by atoms with Gasteiger partial charge in [-0.2, -0.15) is 0 Å². The predicted octanol–water partition coefficient (Wildman–Crippen LogP) is 2.08. The zero-order chi connectivity index (χ0) is 12.7. The van der Waals surface area contributed by atoms with Crippen LogP contribution in [0.25, 0.3) is 11.0 Å². The maximum Gasteiger partial charge on any atom is 0.335 e. The van der Waals surface area contributed by atoms with Gasteiger partial charge in [0.2, 0.25) is 0 Å². The first kappa shape index (κ1) is 11.2. The van der Waals surface area contributed by atoms with Gasteiger partial charge in [0.25, 0.3) is 0 Å². The highest BCUT2D eigenvalue weighted by Crippen LogP contribution is 2.36. The van der Waals surface area contributed by atoms with Gasteiger partial charge in [0.05, 0.1) is 29.0 Å². The highest BCUT2D eigenvalue weighted by atomic mass is 16.5. The van der Waals surface area contributed by atoms with Crippen LogP contribution in [0.5, 0.6) is 0 Å². The van der Waals surface area contributed by atoms with E-state index in [4.69, 9.17) is 9.84 Å². The van der Waals surface area contributed by atoms with Gasteiger partial charge in [-0.25, -0.2) is 9.78 Å². The minimum atomic E-state index is -0.922. The van der Waals surface area contributed by atoms with Crippen molar-refractivity contribution in [1.82, 2.24) is 9.55 Å². The fourth-order valence-corrected chi connectivity index (χ4v) is 2.41. The molecule has 0 aliphatic heterocycles. The fraction of sp³-hybridized carbons (Fsp3) is 0.385. The standard InChI is InChI=1S/C13H14N2O3/c1-18-10-5-9(6-10)15-7-14-11-4-8(13(16)17)2-3-12(11)15/h2-4,7,9-10H,5-6H2,1H3,(H,16,17). The number of fused-ring (bicyclic) bond motifs is 1. The van der Waals surface area contributed by atoms with Crippen molar-refractivity contribution in [3.8, 4) is 0 Å². The Labute approximate surface area is 104 Å². The second-order valence-corrected chi connectivity index (χ2v) is 4.64. The highest BCUT2D eigenvalue weighted by molar-refractivity contribution is 5.92. The molecule has 0 bridgehead atoms. The van der Waals surface area contributed by atoms with Gasteiger partial charge in [0.1, 0.15) is 0 Å². The molecule has 0 unspecified atom stereocenters. The first-order valence-electron chi connectivity index (χ1n) is 5.91. The average Bonchev–Trinajstić information content (AvgIpc) is 2.71. The zero-order valence-electron chi connectivity index (χ0n) is 10.0. The van der Waals surface area contributed by atoms with E-state index in [1.807, 2.05) is 6.07 Å². The number of benzene rings is 1. The van der Waals surface area contributed by atoms with Gasteiger partial charge in [-0.3, -0.25) is 0 Å². The number of aromatic nitrogens is 2. The number of aromatic carboxylic acids is 1. The largest absolute Gasteiger partial charge is 0.478 e. The number of hydrogen-bond donors (Lipinski definition) is 1. The minimum absolute atomic E-state index is 0.274. The van der Waals surface area contributed by atoms with Crippen molar-refractivity contribution in [2.45, 2.75) is 25.0 Å². The van der Waals surface area contributed by atoms with Crippen molar-refractivity contribution in [3.05, 3.63) is 30.1 Å². The molecule has 0 spiro atoms. The summed E-state index contributed by atoms with van der Waals surface area (Å²) in [5.74, 6) is -0.922. The number of hydrogen-bond acceptors (Lipinski definition) is 3. The topological polar surface area (TPSA) is 64.4 Å². The minimum Gasteiger partial charge on any atom is -0.478 e. The number of rotatable bonds is 3. The van der Waals surface area contributed by atoms with E-state index < -0.39 is 5.97 Å². The molecule has 0 atom stereocenters. The number of imidazole rings is 1. The van der Waals surface area contributed by atoms with Crippen molar-refractivity contribution >= 4 is 17.0 Å². The first-order valence-corrected chi connectivity index (χ1v) is 5.91. The quantitative estimate of drug-likeness (QED) is 0.900. The third-order valence-corrected chi connectivity index (χ3v) is 3.62. The van der Waals surface area contributed by atoms with Crippen molar-refractivity contribution in [1.29, 1.82) is 0 Å². The molecule has 1 aliphatic carbocycles. The molecule has 2 aromatic rings. The number of carbonyl (C=O) groups is 1. The van der Waals surface area contributed by atoms with Gasteiger partial charge in [-0.1, -0.05) is 0 Å². The van der Waals surface area contributed by atoms with Gasteiger partial charge >= 0.3 is 5.97 Å². The molecule has 0 amide bonds. The van der Waals surface area contributed by atoms with Crippen LogP contribution in [0.1, 0.15) is 29.2 Å². The van der Waals surface area contributed by atoms with Crippen LogP contribution in [0, 0.1) is 0 Å². The Morgan fingerprint density at radius 1 is 1.50 bits per heavy atom. The van der Waals surface area contributed by atoms with E-state index in [0.29, 0.717) is 12.1 Å². The summed E-state index contributed by atoms with van der Waals surface area (Å²) in [6, 6.07) is 5.47. The lowest BCUT2D eigenvalue weighted by Crippen LogP contribution is -2.32. The Hall–Kier alpha value is -1.88. The summed E-state index contributed by atoms with van der Waals surface area (Å²) in [7, 11) is 1.73. The molecule has 5 heteroatoms. The summed E-state index contributed by atoms with van der Waals surface area (Å²) in [4.78, 5) is 15.2. The van der Waals surface area contributed by atoms with E-state index in [2.05, 4.69) is 9.55 Å². The van der Waals surface area contributed by atoms with E-state index in [1.54, 1.807) is 25.6 Å². The molecular formula is C13H14N2O3. The Morgan fingerprint density at radius 2 is 2.28 bits per heavy atom. The first-order chi connectivity index (χ1) is 8.69. The number of nitrogens with zero attached hydrogens (tertiary/aromatic N) is 2. The summed E-state index contributed by atoms with van der Waals surface area (Å²) in [5.41, 5.74) is 1.99. The summed E-state index contributed by atoms with van der Waals surface area (Å²) < 4.78 is 7.37. The van der Waals surface area contributed by atoms with Crippen LogP contribution in [0.15, 0.2) is 24.5 Å². The second-order valence-electron chi connectivity index (χ2n) is 4.64. The molecule has 1 aliphatic rings. The lowest BCUT2D eigenvalue weighted by atomic mass is 9.89. The van der Waals surface area contributed by atoms with Crippen molar-refractivity contribution < 1.29 is 14.6 Å². The second kappa shape index (κ2) is 4.10. The van der Waals surface area contributed by atoms with E-state index in [-0.39, 0.29) is 5.56 Å². The SMILES string of the molecule is COC1CC(n2cnc3cc(C(=O)O)ccc32)C1. The molecular weight excluding hydrogens is 232 g/mol. The Bertz CT molecular complexity index is 599. The van der Waals surface area contributed by atoms with Crippen LogP contribution in [-0.4, -0.2) is 33.8 Å². The third-order valence-electron chi connectivity index (χ3n) is 3.62. The summed E-state index contributed by atoms with van der Waals surface area (Å²) in [5, 5.41) is 8.93. The third kappa shape index (κ3) is 1.67. The Balaban J connectivity index is 1.93. The molecule has 18 heavy (non-hydrogen) atoms. The van der Waals surface area contributed by atoms with Gasteiger partial charge in [0.15, 0.2) is 0 Å². The van der Waals surface area contributed by atoms with E-state index in [0.717, 1.165) is 23.9 Å². The van der Waals surface area contributed by atoms with Crippen LogP contribution >= 0.6 is 0 Å². The zero-order valence-corrected chi connectivity index (χ0v) is 10.0.